The van der Waals surface area contributed by atoms with Gasteiger partial charge in [0, 0.05) is 25.7 Å². The molecule has 0 aliphatic rings. The molecule has 0 bridgehead atoms. The Morgan fingerprint density at radius 2 is 0.548 bits per heavy atom. The SMILES string of the molecule is CCCCCCCCCCCCCCCCCCCCCC(=O)O[C@H](COC(=O)CCCCCCCCCCCCC(C)C)COP(=O)(O)OC[C@@H](O)COP(=O)(O)OC[C@@H](COC(=O)CCCCCCCCCCC)OC(=O)CCCCCCCCCCC(C)CC. The van der Waals surface area contributed by atoms with E-state index in [9.17, 15) is 43.2 Å². The molecule has 0 saturated heterocycles. The first-order chi connectivity index (χ1) is 44.9. The molecule has 0 aromatic heterocycles. The van der Waals surface area contributed by atoms with E-state index in [0.29, 0.717) is 25.7 Å². The number of esters is 4. The lowest BCUT2D eigenvalue weighted by Gasteiger charge is -2.21. The van der Waals surface area contributed by atoms with Crippen molar-refractivity contribution in [1.29, 1.82) is 0 Å². The lowest BCUT2D eigenvalue weighted by molar-refractivity contribution is -0.161. The zero-order chi connectivity index (χ0) is 68.6. The highest BCUT2D eigenvalue weighted by Crippen LogP contribution is 2.45. The number of rotatable bonds is 73. The van der Waals surface area contributed by atoms with Gasteiger partial charge in [0.1, 0.15) is 19.3 Å². The molecule has 0 aliphatic carbocycles. The van der Waals surface area contributed by atoms with Crippen LogP contribution in [0.15, 0.2) is 0 Å². The summed E-state index contributed by atoms with van der Waals surface area (Å²) in [6.07, 6.45) is 52.7. The Bertz CT molecular complexity index is 1810. The largest absolute Gasteiger partial charge is 0.472 e. The fourth-order valence-electron chi connectivity index (χ4n) is 11.3. The predicted octanol–water partition coefficient (Wildman–Crippen LogP) is 21.6. The number of hydrogen-bond donors (Lipinski definition) is 3. The molecule has 0 spiro atoms. The average molecular weight is 1370 g/mol. The molecule has 0 aromatic carbocycles. The van der Waals surface area contributed by atoms with E-state index in [1.165, 1.54) is 199 Å². The van der Waals surface area contributed by atoms with Crippen LogP contribution in [0.2, 0.25) is 0 Å². The summed E-state index contributed by atoms with van der Waals surface area (Å²) in [6.45, 7) is 9.55. The van der Waals surface area contributed by atoms with E-state index >= 15 is 0 Å². The van der Waals surface area contributed by atoms with Gasteiger partial charge in [0.25, 0.3) is 0 Å². The summed E-state index contributed by atoms with van der Waals surface area (Å²) < 4.78 is 68.4. The van der Waals surface area contributed by atoms with E-state index in [-0.39, 0.29) is 25.7 Å². The van der Waals surface area contributed by atoms with Crippen LogP contribution < -0.4 is 0 Å². The molecule has 0 heterocycles. The lowest BCUT2D eigenvalue weighted by Crippen LogP contribution is -2.30. The normalized spacial score (nSPS) is 14.3. The minimum absolute atomic E-state index is 0.105. The Morgan fingerprint density at radius 1 is 0.312 bits per heavy atom. The first-order valence-corrected chi connectivity index (χ1v) is 41.5. The number of unbranched alkanes of at least 4 members (excludes halogenated alkanes) is 42. The van der Waals surface area contributed by atoms with Crippen molar-refractivity contribution in [3.8, 4) is 0 Å². The van der Waals surface area contributed by atoms with Gasteiger partial charge >= 0.3 is 39.5 Å². The Morgan fingerprint density at radius 3 is 0.817 bits per heavy atom. The molecule has 3 N–H and O–H groups in total. The third kappa shape index (κ3) is 67.0. The molecule has 0 amide bonds. The van der Waals surface area contributed by atoms with Crippen LogP contribution in [0.3, 0.4) is 0 Å². The van der Waals surface area contributed by atoms with Crippen molar-refractivity contribution in [3.05, 3.63) is 0 Å². The van der Waals surface area contributed by atoms with Crippen LogP contribution in [0.25, 0.3) is 0 Å². The van der Waals surface area contributed by atoms with E-state index in [2.05, 4.69) is 41.5 Å². The van der Waals surface area contributed by atoms with Gasteiger partial charge in [0.05, 0.1) is 26.4 Å². The van der Waals surface area contributed by atoms with Crippen molar-refractivity contribution in [2.24, 2.45) is 11.8 Å². The van der Waals surface area contributed by atoms with E-state index in [4.69, 9.17) is 37.0 Å². The zero-order valence-corrected chi connectivity index (χ0v) is 62.3. The number of phosphoric acid groups is 2. The predicted molar refractivity (Wildman–Crippen MR) is 377 cm³/mol. The molecule has 93 heavy (non-hydrogen) atoms. The van der Waals surface area contributed by atoms with Crippen molar-refractivity contribution >= 4 is 39.5 Å². The van der Waals surface area contributed by atoms with Gasteiger partial charge in [-0.05, 0) is 37.5 Å². The van der Waals surface area contributed by atoms with Crippen LogP contribution in [0.4, 0.5) is 0 Å². The van der Waals surface area contributed by atoms with Crippen LogP contribution in [0, 0.1) is 11.8 Å². The molecule has 0 fully saturated rings. The molecule has 17 nitrogen and oxygen atoms in total. The Labute approximate surface area is 568 Å². The topological polar surface area (TPSA) is 237 Å². The number of aliphatic hydroxyl groups excluding tert-OH is 1. The summed E-state index contributed by atoms with van der Waals surface area (Å²) in [5.74, 6) is -0.593. The molecule has 552 valence electrons. The Balaban J connectivity index is 5.22. The van der Waals surface area contributed by atoms with Gasteiger partial charge in [0.2, 0.25) is 0 Å². The van der Waals surface area contributed by atoms with Crippen molar-refractivity contribution in [2.45, 2.75) is 400 Å². The van der Waals surface area contributed by atoms with Crippen molar-refractivity contribution in [2.75, 3.05) is 39.6 Å². The Hall–Kier alpha value is -1.94. The highest BCUT2D eigenvalue weighted by molar-refractivity contribution is 7.47. The summed E-state index contributed by atoms with van der Waals surface area (Å²) in [6, 6.07) is 0. The van der Waals surface area contributed by atoms with E-state index in [1.807, 2.05) is 0 Å². The number of carbonyl (C=O) groups is 4. The summed E-state index contributed by atoms with van der Waals surface area (Å²) in [4.78, 5) is 72.7. The summed E-state index contributed by atoms with van der Waals surface area (Å²) in [7, 11) is -9.91. The first kappa shape index (κ1) is 91.1. The molecule has 6 atom stereocenters. The smallest absolute Gasteiger partial charge is 0.462 e. The number of ether oxygens (including phenoxy) is 4. The molecule has 19 heteroatoms. The molecular formula is C74H144O17P2. The van der Waals surface area contributed by atoms with Crippen LogP contribution in [-0.2, 0) is 65.4 Å². The lowest BCUT2D eigenvalue weighted by atomic mass is 9.99. The van der Waals surface area contributed by atoms with Crippen molar-refractivity contribution < 1.29 is 80.2 Å². The van der Waals surface area contributed by atoms with Gasteiger partial charge in [-0.15, -0.1) is 0 Å². The molecular weight excluding hydrogens is 1220 g/mol. The van der Waals surface area contributed by atoms with Crippen LogP contribution in [0.1, 0.15) is 382 Å². The van der Waals surface area contributed by atoms with Crippen molar-refractivity contribution in [1.82, 2.24) is 0 Å². The van der Waals surface area contributed by atoms with E-state index in [0.717, 1.165) is 102 Å². The number of hydrogen-bond acceptors (Lipinski definition) is 15. The summed E-state index contributed by atoms with van der Waals surface area (Å²) in [5.41, 5.74) is 0. The van der Waals surface area contributed by atoms with Crippen LogP contribution >= 0.6 is 15.6 Å². The number of aliphatic hydroxyl groups is 1. The quantitative estimate of drug-likeness (QED) is 0.0222. The van der Waals surface area contributed by atoms with Gasteiger partial charge in [0.15, 0.2) is 12.2 Å². The maximum atomic E-state index is 13.1. The van der Waals surface area contributed by atoms with Gasteiger partial charge in [-0.2, -0.15) is 0 Å². The molecule has 0 aliphatic heterocycles. The molecule has 0 radical (unpaired) electrons. The van der Waals surface area contributed by atoms with Gasteiger partial charge < -0.3 is 33.8 Å². The zero-order valence-electron chi connectivity index (χ0n) is 60.6. The maximum absolute atomic E-state index is 13.1. The second-order valence-electron chi connectivity index (χ2n) is 27.4. The van der Waals surface area contributed by atoms with Gasteiger partial charge in [-0.1, -0.05) is 330 Å². The minimum atomic E-state index is -4.96. The van der Waals surface area contributed by atoms with Gasteiger partial charge in [-0.3, -0.25) is 37.3 Å². The first-order valence-electron chi connectivity index (χ1n) is 38.5. The maximum Gasteiger partial charge on any atom is 0.472 e. The monoisotopic (exact) mass is 1370 g/mol. The standard InChI is InChI=1S/C74H144O17P2/c1-7-10-12-14-16-18-19-20-21-22-23-24-25-26-27-33-40-46-52-58-73(78)90-69(63-85-72(77)57-51-45-39-32-29-28-31-36-42-48-54-66(4)5)64-88-92(80,81)86-60-68(75)61-87-93(82,83)89-65-70(62-84-71(76)56-50-44-38-30-17-15-13-11-8-2)91-74(79)59-53-47-41-35-34-37-43-49-55-67(6)9-3/h66-70,75H,7-65H2,1-6H3,(H,80,81)(H,82,83)/t67?,68-,69-,70-/m1/s1. The number of phosphoric ester groups is 2. The summed E-state index contributed by atoms with van der Waals surface area (Å²) >= 11 is 0. The molecule has 0 rings (SSSR count). The highest BCUT2D eigenvalue weighted by atomic mass is 31.2. The van der Waals surface area contributed by atoms with Crippen LogP contribution in [-0.4, -0.2) is 96.7 Å². The molecule has 0 saturated carbocycles. The van der Waals surface area contributed by atoms with E-state index < -0.39 is 97.5 Å². The van der Waals surface area contributed by atoms with E-state index in [1.54, 1.807) is 0 Å². The minimum Gasteiger partial charge on any atom is -0.462 e. The third-order valence-corrected chi connectivity index (χ3v) is 19.5. The van der Waals surface area contributed by atoms with Crippen molar-refractivity contribution in [3.63, 3.8) is 0 Å². The second-order valence-corrected chi connectivity index (χ2v) is 30.3. The fourth-order valence-corrected chi connectivity index (χ4v) is 12.8. The Kier molecular flexibility index (Phi) is 64.6. The van der Waals surface area contributed by atoms with Gasteiger partial charge in [-0.25, -0.2) is 9.13 Å². The number of carbonyl (C=O) groups excluding carboxylic acids is 4. The average Bonchev–Trinajstić information content (AvgIpc) is 1.82. The summed E-state index contributed by atoms with van der Waals surface area (Å²) in [5, 5.41) is 10.6. The molecule has 3 unspecified atom stereocenters. The highest BCUT2D eigenvalue weighted by Gasteiger charge is 2.30. The molecule has 0 aromatic rings. The fraction of sp³-hybridized carbons (Fsp3) is 0.946. The second kappa shape index (κ2) is 66.0. The van der Waals surface area contributed by atoms with Crippen LogP contribution in [0.5, 0.6) is 0 Å². The third-order valence-electron chi connectivity index (χ3n) is 17.6.